The van der Waals surface area contributed by atoms with Gasteiger partial charge >= 0.3 is 0 Å². The van der Waals surface area contributed by atoms with Crippen LogP contribution in [0.5, 0.6) is 0 Å². The molecule has 4 rings (SSSR count). The number of anilines is 3. The van der Waals surface area contributed by atoms with Crippen LogP contribution in [0.15, 0.2) is 73.1 Å². The first-order chi connectivity index (χ1) is 15.1. The first-order valence-corrected chi connectivity index (χ1v) is 10.6. The second kappa shape index (κ2) is 9.62. The molecule has 2 aromatic carbocycles. The number of benzene rings is 2. The Balaban J connectivity index is 1.39. The first-order valence-electron chi connectivity index (χ1n) is 10.2. The van der Waals surface area contributed by atoms with E-state index in [-0.39, 0.29) is 17.7 Å². The van der Waals surface area contributed by atoms with Crippen molar-refractivity contribution in [3.63, 3.8) is 0 Å². The number of rotatable bonds is 5. The molecule has 1 aliphatic rings. The van der Waals surface area contributed by atoms with Crippen LogP contribution in [0.3, 0.4) is 0 Å². The topological polar surface area (TPSA) is 74.3 Å². The molecule has 1 aliphatic heterocycles. The van der Waals surface area contributed by atoms with Gasteiger partial charge in [0.25, 0.3) is 5.91 Å². The summed E-state index contributed by atoms with van der Waals surface area (Å²) in [6, 6.07) is 17.9. The minimum Gasteiger partial charge on any atom is -0.371 e. The van der Waals surface area contributed by atoms with E-state index in [0.29, 0.717) is 22.0 Å². The van der Waals surface area contributed by atoms with Gasteiger partial charge in [-0.15, -0.1) is 0 Å². The third kappa shape index (κ3) is 5.22. The van der Waals surface area contributed by atoms with Gasteiger partial charge in [-0.25, -0.2) is 0 Å². The second-order valence-corrected chi connectivity index (χ2v) is 7.90. The van der Waals surface area contributed by atoms with Gasteiger partial charge in [0.1, 0.15) is 0 Å². The number of aromatic nitrogens is 1. The van der Waals surface area contributed by atoms with E-state index in [0.717, 1.165) is 31.6 Å². The lowest BCUT2D eigenvalue weighted by Crippen LogP contribution is -2.38. The van der Waals surface area contributed by atoms with Gasteiger partial charge < -0.3 is 15.5 Å². The highest BCUT2D eigenvalue weighted by Crippen LogP contribution is 2.25. The van der Waals surface area contributed by atoms with E-state index >= 15 is 0 Å². The number of amides is 2. The molecule has 2 amide bonds. The highest BCUT2D eigenvalue weighted by atomic mass is 35.5. The number of pyridine rings is 1. The van der Waals surface area contributed by atoms with Crippen molar-refractivity contribution in [3.05, 3.63) is 83.6 Å². The molecule has 2 heterocycles. The lowest BCUT2D eigenvalue weighted by molar-refractivity contribution is -0.120. The summed E-state index contributed by atoms with van der Waals surface area (Å²) in [6.07, 6.45) is 5.06. The Labute approximate surface area is 186 Å². The zero-order chi connectivity index (χ0) is 21.6. The van der Waals surface area contributed by atoms with E-state index in [4.69, 9.17) is 11.6 Å². The Kier molecular flexibility index (Phi) is 6.48. The summed E-state index contributed by atoms with van der Waals surface area (Å²) in [7, 11) is 0. The Hall–Kier alpha value is -3.38. The number of hydrogen-bond acceptors (Lipinski definition) is 4. The lowest BCUT2D eigenvalue weighted by atomic mass is 9.95. The summed E-state index contributed by atoms with van der Waals surface area (Å²) in [4.78, 5) is 32.0. The van der Waals surface area contributed by atoms with Crippen LogP contribution in [0.25, 0.3) is 0 Å². The highest BCUT2D eigenvalue weighted by molar-refractivity contribution is 6.31. The summed E-state index contributed by atoms with van der Waals surface area (Å²) in [5.41, 5.74) is 2.63. The number of carbonyl (C=O) groups excluding carboxylic acids is 2. The normalized spacial score (nSPS) is 14.2. The number of halogens is 1. The largest absolute Gasteiger partial charge is 0.371 e. The van der Waals surface area contributed by atoms with Crippen molar-refractivity contribution < 1.29 is 9.59 Å². The van der Waals surface area contributed by atoms with Gasteiger partial charge in [-0.05, 0) is 55.3 Å². The number of nitrogens with zero attached hydrogens (tertiary/aromatic N) is 2. The fraction of sp³-hybridized carbons (Fsp3) is 0.208. The fourth-order valence-electron chi connectivity index (χ4n) is 3.74. The molecule has 7 heteroatoms. The number of para-hydroxylation sites is 1. The van der Waals surface area contributed by atoms with Crippen LogP contribution < -0.4 is 15.5 Å². The molecule has 3 aromatic rings. The molecule has 1 saturated heterocycles. The third-order valence-electron chi connectivity index (χ3n) is 5.41. The zero-order valence-corrected chi connectivity index (χ0v) is 17.7. The molecule has 0 radical (unpaired) electrons. The Morgan fingerprint density at radius 3 is 2.42 bits per heavy atom. The molecule has 0 atom stereocenters. The number of hydrogen-bond donors (Lipinski definition) is 2. The Morgan fingerprint density at radius 2 is 1.68 bits per heavy atom. The number of nitrogens with one attached hydrogen (secondary N) is 2. The molecule has 31 heavy (non-hydrogen) atoms. The molecule has 2 N–H and O–H groups in total. The van der Waals surface area contributed by atoms with Crippen molar-refractivity contribution in [2.45, 2.75) is 12.8 Å². The molecule has 0 unspecified atom stereocenters. The highest BCUT2D eigenvalue weighted by Gasteiger charge is 2.26. The maximum absolute atomic E-state index is 12.9. The van der Waals surface area contributed by atoms with Gasteiger partial charge in [-0.1, -0.05) is 29.8 Å². The molecule has 6 nitrogen and oxygen atoms in total. The van der Waals surface area contributed by atoms with E-state index in [1.165, 1.54) is 0 Å². The molecule has 0 bridgehead atoms. The van der Waals surface area contributed by atoms with Crippen molar-refractivity contribution in [3.8, 4) is 0 Å². The standard InChI is InChI=1S/C24H23ClN4O2/c25-18-4-3-5-19(16-18)27-24(31)21-6-1-2-7-22(21)28-23(30)17-10-14-29(15-11-17)20-8-12-26-13-9-20/h1-9,12-13,16-17H,10-11,14-15H2,(H,27,31)(H,28,30). The van der Waals surface area contributed by atoms with Gasteiger partial charge in [0, 0.05) is 47.8 Å². The average molecular weight is 435 g/mol. The van der Waals surface area contributed by atoms with Crippen LogP contribution >= 0.6 is 11.6 Å². The average Bonchev–Trinajstić information content (AvgIpc) is 2.80. The minimum atomic E-state index is -0.300. The van der Waals surface area contributed by atoms with Gasteiger partial charge in [0.05, 0.1) is 11.3 Å². The maximum atomic E-state index is 12.9. The van der Waals surface area contributed by atoms with E-state index in [2.05, 4.69) is 20.5 Å². The predicted molar refractivity (Wildman–Crippen MR) is 124 cm³/mol. The van der Waals surface area contributed by atoms with Gasteiger partial charge in [0.15, 0.2) is 0 Å². The Bertz CT molecular complexity index is 1070. The van der Waals surface area contributed by atoms with Crippen molar-refractivity contribution in [2.75, 3.05) is 28.6 Å². The monoisotopic (exact) mass is 434 g/mol. The van der Waals surface area contributed by atoms with Gasteiger partial charge in [-0.3, -0.25) is 14.6 Å². The van der Waals surface area contributed by atoms with E-state index in [9.17, 15) is 9.59 Å². The summed E-state index contributed by atoms with van der Waals surface area (Å²) in [5.74, 6) is -0.454. The van der Waals surface area contributed by atoms with Crippen molar-refractivity contribution in [1.29, 1.82) is 0 Å². The van der Waals surface area contributed by atoms with Crippen molar-refractivity contribution in [2.24, 2.45) is 5.92 Å². The van der Waals surface area contributed by atoms with Gasteiger partial charge in [0.2, 0.25) is 5.91 Å². The Morgan fingerprint density at radius 1 is 0.935 bits per heavy atom. The summed E-state index contributed by atoms with van der Waals surface area (Å²) in [6.45, 7) is 1.61. The van der Waals surface area contributed by atoms with E-state index in [1.54, 1.807) is 60.9 Å². The van der Waals surface area contributed by atoms with E-state index < -0.39 is 0 Å². The number of piperidine rings is 1. The van der Waals surface area contributed by atoms with Crippen LogP contribution in [-0.2, 0) is 4.79 Å². The SMILES string of the molecule is O=C(Nc1cccc(Cl)c1)c1ccccc1NC(=O)C1CCN(c2ccncc2)CC1. The molecular weight excluding hydrogens is 412 g/mol. The molecule has 158 valence electrons. The summed E-state index contributed by atoms with van der Waals surface area (Å²) < 4.78 is 0. The fourth-order valence-corrected chi connectivity index (χ4v) is 3.93. The van der Waals surface area contributed by atoms with Gasteiger partial charge in [-0.2, -0.15) is 0 Å². The zero-order valence-electron chi connectivity index (χ0n) is 16.9. The lowest BCUT2D eigenvalue weighted by Gasteiger charge is -2.33. The molecule has 0 saturated carbocycles. The number of carbonyl (C=O) groups is 2. The molecule has 0 spiro atoms. The maximum Gasteiger partial charge on any atom is 0.257 e. The molecule has 1 aromatic heterocycles. The minimum absolute atomic E-state index is 0.0580. The summed E-state index contributed by atoms with van der Waals surface area (Å²) in [5, 5.41) is 6.33. The van der Waals surface area contributed by atoms with Crippen LogP contribution in [0, 0.1) is 5.92 Å². The third-order valence-corrected chi connectivity index (χ3v) is 5.64. The van der Waals surface area contributed by atoms with Crippen molar-refractivity contribution >= 4 is 40.5 Å². The van der Waals surface area contributed by atoms with Crippen molar-refractivity contribution in [1.82, 2.24) is 4.98 Å². The van der Waals surface area contributed by atoms with Crippen LogP contribution in [0.2, 0.25) is 5.02 Å². The quantitative estimate of drug-likeness (QED) is 0.602. The molecule has 1 fully saturated rings. The second-order valence-electron chi connectivity index (χ2n) is 7.47. The smallest absolute Gasteiger partial charge is 0.257 e. The van der Waals surface area contributed by atoms with Crippen LogP contribution in [-0.4, -0.2) is 29.9 Å². The summed E-state index contributed by atoms with van der Waals surface area (Å²) >= 11 is 5.99. The van der Waals surface area contributed by atoms with Crippen LogP contribution in [0.4, 0.5) is 17.1 Å². The van der Waals surface area contributed by atoms with Crippen LogP contribution in [0.1, 0.15) is 23.2 Å². The predicted octanol–water partition coefficient (Wildman–Crippen LogP) is 4.84. The molecule has 0 aliphatic carbocycles. The molecular formula is C24H23ClN4O2. The van der Waals surface area contributed by atoms with E-state index in [1.807, 2.05) is 12.1 Å². The first kappa shape index (κ1) is 20.9.